The van der Waals surface area contributed by atoms with Gasteiger partial charge in [0.2, 0.25) is 5.91 Å². The minimum atomic E-state index is 0.0688. The topological polar surface area (TPSA) is 32.7 Å². The average molecular weight is 294 g/mol. The van der Waals surface area contributed by atoms with Gasteiger partial charge < -0.3 is 0 Å². The third kappa shape index (κ3) is 3.05. The molecule has 1 unspecified atom stereocenters. The number of nitrogens with zero attached hydrogens (tertiary/aromatic N) is 2. The lowest BCUT2D eigenvalue weighted by Gasteiger charge is -2.31. The van der Waals surface area contributed by atoms with Crippen molar-refractivity contribution in [3.63, 3.8) is 0 Å². The highest BCUT2D eigenvalue weighted by molar-refractivity contribution is 8.15. The van der Waals surface area contributed by atoms with E-state index in [-0.39, 0.29) is 5.25 Å². The van der Waals surface area contributed by atoms with Gasteiger partial charge in [-0.3, -0.25) is 14.7 Å². The molecule has 112 valence electrons. The van der Waals surface area contributed by atoms with Gasteiger partial charge in [-0.25, -0.2) is 0 Å². The number of hydrogen-bond acceptors (Lipinski definition) is 3. The van der Waals surface area contributed by atoms with Gasteiger partial charge in [0.05, 0.1) is 11.3 Å². The summed E-state index contributed by atoms with van der Waals surface area (Å²) in [7, 11) is 0. The van der Waals surface area contributed by atoms with Gasteiger partial charge in [0.1, 0.15) is 0 Å². The summed E-state index contributed by atoms with van der Waals surface area (Å²) in [6.07, 6.45) is 12.6. The number of thioether (sulfide) groups is 1. The third-order valence-electron chi connectivity index (χ3n) is 4.88. The molecule has 0 spiro atoms. The Balaban J connectivity index is 1.76. The molecular formula is C16H26N2OS. The van der Waals surface area contributed by atoms with Crippen molar-refractivity contribution >= 4 is 22.8 Å². The molecule has 0 bridgehead atoms. The van der Waals surface area contributed by atoms with Gasteiger partial charge in [-0.2, -0.15) is 0 Å². The number of carbonyl (C=O) groups excluding carboxylic acids is 1. The van der Waals surface area contributed by atoms with Crippen molar-refractivity contribution in [2.75, 3.05) is 0 Å². The van der Waals surface area contributed by atoms with Gasteiger partial charge in [-0.15, -0.1) is 0 Å². The lowest BCUT2D eigenvalue weighted by molar-refractivity contribution is -0.127. The first-order chi connectivity index (χ1) is 9.75. The second kappa shape index (κ2) is 6.50. The molecule has 2 aliphatic carbocycles. The van der Waals surface area contributed by atoms with E-state index in [2.05, 4.69) is 4.90 Å². The molecule has 3 fully saturated rings. The molecule has 3 rings (SSSR count). The van der Waals surface area contributed by atoms with E-state index in [0.717, 1.165) is 5.17 Å². The maximum absolute atomic E-state index is 12.5. The SMILES string of the molecule is CC1SC(=NC2CCCCC2)N(C2CCCCC2)C1=O. The van der Waals surface area contributed by atoms with E-state index in [1.165, 1.54) is 64.2 Å². The summed E-state index contributed by atoms with van der Waals surface area (Å²) in [6.45, 7) is 2.03. The van der Waals surface area contributed by atoms with E-state index in [1.54, 1.807) is 11.8 Å². The van der Waals surface area contributed by atoms with Crippen molar-refractivity contribution in [2.24, 2.45) is 4.99 Å². The minimum absolute atomic E-state index is 0.0688. The maximum atomic E-state index is 12.5. The van der Waals surface area contributed by atoms with Crippen LogP contribution in [0.25, 0.3) is 0 Å². The van der Waals surface area contributed by atoms with Crippen LogP contribution >= 0.6 is 11.8 Å². The van der Waals surface area contributed by atoms with Gasteiger partial charge in [0.15, 0.2) is 5.17 Å². The number of carbonyl (C=O) groups is 1. The van der Waals surface area contributed by atoms with Gasteiger partial charge >= 0.3 is 0 Å². The predicted molar refractivity (Wildman–Crippen MR) is 85.1 cm³/mol. The third-order valence-corrected chi connectivity index (χ3v) is 5.95. The van der Waals surface area contributed by atoms with Crippen LogP contribution in [0.4, 0.5) is 0 Å². The van der Waals surface area contributed by atoms with Crippen molar-refractivity contribution in [1.29, 1.82) is 0 Å². The largest absolute Gasteiger partial charge is 0.287 e. The van der Waals surface area contributed by atoms with Crippen LogP contribution in [-0.4, -0.2) is 33.3 Å². The molecular weight excluding hydrogens is 268 g/mol. The molecule has 1 saturated heterocycles. The summed E-state index contributed by atoms with van der Waals surface area (Å²) < 4.78 is 0. The quantitative estimate of drug-likeness (QED) is 0.772. The lowest BCUT2D eigenvalue weighted by atomic mass is 9.94. The monoisotopic (exact) mass is 294 g/mol. The Labute approximate surface area is 126 Å². The van der Waals surface area contributed by atoms with Crippen LogP contribution in [-0.2, 0) is 4.79 Å². The molecule has 0 aromatic carbocycles. The first-order valence-corrected chi connectivity index (χ1v) is 9.21. The summed E-state index contributed by atoms with van der Waals surface area (Å²) in [5.74, 6) is 0.302. The zero-order chi connectivity index (χ0) is 13.9. The average Bonchev–Trinajstić information content (AvgIpc) is 2.76. The Hall–Kier alpha value is -0.510. The molecule has 3 aliphatic rings. The fourth-order valence-electron chi connectivity index (χ4n) is 3.69. The van der Waals surface area contributed by atoms with Crippen LogP contribution in [0.2, 0.25) is 0 Å². The zero-order valence-electron chi connectivity index (χ0n) is 12.5. The van der Waals surface area contributed by atoms with E-state index in [9.17, 15) is 4.79 Å². The molecule has 0 aromatic rings. The van der Waals surface area contributed by atoms with E-state index in [4.69, 9.17) is 4.99 Å². The van der Waals surface area contributed by atoms with Crippen molar-refractivity contribution in [3.8, 4) is 0 Å². The number of amidine groups is 1. The normalized spacial score (nSPS) is 32.2. The second-order valence-corrected chi connectivity index (χ2v) is 7.77. The predicted octanol–water partition coefficient (Wildman–Crippen LogP) is 3.97. The fraction of sp³-hybridized carbons (Fsp3) is 0.875. The molecule has 0 aromatic heterocycles. The van der Waals surface area contributed by atoms with Gasteiger partial charge in [-0.1, -0.05) is 50.3 Å². The van der Waals surface area contributed by atoms with Crippen LogP contribution in [0.15, 0.2) is 4.99 Å². The Morgan fingerprint density at radius 1 is 1.00 bits per heavy atom. The Bertz CT molecular complexity index is 384. The number of amides is 1. The van der Waals surface area contributed by atoms with Crippen LogP contribution in [0.3, 0.4) is 0 Å². The number of rotatable bonds is 2. The highest BCUT2D eigenvalue weighted by Crippen LogP contribution is 2.35. The molecule has 3 nitrogen and oxygen atoms in total. The number of hydrogen-bond donors (Lipinski definition) is 0. The van der Waals surface area contributed by atoms with Crippen molar-refractivity contribution in [2.45, 2.75) is 88.5 Å². The summed E-state index contributed by atoms with van der Waals surface area (Å²) in [6, 6.07) is 0.895. The number of aliphatic imine (C=N–C) groups is 1. The molecule has 1 atom stereocenters. The first-order valence-electron chi connectivity index (χ1n) is 8.33. The van der Waals surface area contributed by atoms with Crippen molar-refractivity contribution < 1.29 is 4.79 Å². The molecule has 0 radical (unpaired) electrons. The summed E-state index contributed by atoms with van der Waals surface area (Å²) >= 11 is 1.70. The Kier molecular flexibility index (Phi) is 4.69. The molecule has 0 N–H and O–H groups in total. The van der Waals surface area contributed by atoms with Gasteiger partial charge in [-0.05, 0) is 32.6 Å². The molecule has 20 heavy (non-hydrogen) atoms. The van der Waals surface area contributed by atoms with Gasteiger partial charge in [0, 0.05) is 6.04 Å². The summed E-state index contributed by atoms with van der Waals surface area (Å²) in [5.41, 5.74) is 0. The minimum Gasteiger partial charge on any atom is -0.287 e. The molecule has 4 heteroatoms. The van der Waals surface area contributed by atoms with Crippen LogP contribution < -0.4 is 0 Å². The highest BCUT2D eigenvalue weighted by Gasteiger charge is 2.40. The molecule has 1 amide bonds. The molecule has 2 saturated carbocycles. The summed E-state index contributed by atoms with van der Waals surface area (Å²) in [4.78, 5) is 19.5. The lowest BCUT2D eigenvalue weighted by Crippen LogP contribution is -2.42. The van der Waals surface area contributed by atoms with Gasteiger partial charge in [0.25, 0.3) is 0 Å². The summed E-state index contributed by atoms with van der Waals surface area (Å²) in [5, 5.41) is 1.11. The molecule has 1 aliphatic heterocycles. The standard InChI is InChI=1S/C16H26N2OS/c1-12-15(19)18(14-10-6-3-7-11-14)16(20-12)17-13-8-4-2-5-9-13/h12-14H,2-11H2,1H3. The zero-order valence-corrected chi connectivity index (χ0v) is 13.3. The van der Waals surface area contributed by atoms with E-state index in [0.29, 0.717) is 18.0 Å². The van der Waals surface area contributed by atoms with Crippen LogP contribution in [0.5, 0.6) is 0 Å². The highest BCUT2D eigenvalue weighted by atomic mass is 32.2. The van der Waals surface area contributed by atoms with E-state index in [1.807, 2.05) is 6.92 Å². The Morgan fingerprint density at radius 3 is 2.25 bits per heavy atom. The Morgan fingerprint density at radius 2 is 1.60 bits per heavy atom. The maximum Gasteiger partial charge on any atom is 0.242 e. The smallest absolute Gasteiger partial charge is 0.242 e. The van der Waals surface area contributed by atoms with E-state index < -0.39 is 0 Å². The van der Waals surface area contributed by atoms with Crippen LogP contribution in [0.1, 0.15) is 71.1 Å². The van der Waals surface area contributed by atoms with Crippen molar-refractivity contribution in [3.05, 3.63) is 0 Å². The van der Waals surface area contributed by atoms with Crippen molar-refractivity contribution in [1.82, 2.24) is 4.90 Å². The second-order valence-electron chi connectivity index (χ2n) is 6.46. The first kappa shape index (κ1) is 14.4. The molecule has 1 heterocycles. The fourth-order valence-corrected chi connectivity index (χ4v) is 4.78. The van der Waals surface area contributed by atoms with Crippen LogP contribution in [0, 0.1) is 0 Å². The van der Waals surface area contributed by atoms with E-state index >= 15 is 0 Å².